The molecule has 122 valence electrons. The van der Waals surface area contributed by atoms with Crippen molar-refractivity contribution in [2.24, 2.45) is 0 Å². The zero-order valence-electron chi connectivity index (χ0n) is 13.1. The van der Waals surface area contributed by atoms with Crippen LogP contribution in [0.4, 0.5) is 0 Å². The first kappa shape index (κ1) is 16.7. The molecule has 0 spiro atoms. The number of benzene rings is 2. The van der Waals surface area contributed by atoms with Gasteiger partial charge in [0, 0.05) is 17.2 Å². The Balaban J connectivity index is 1.68. The van der Waals surface area contributed by atoms with Crippen molar-refractivity contribution in [2.75, 3.05) is 0 Å². The Kier molecular flexibility index (Phi) is 5.33. The average Bonchev–Trinajstić information content (AvgIpc) is 2.57. The Morgan fingerprint density at radius 3 is 2.58 bits per heavy atom. The molecular formula is C18H16ClN3OS. The van der Waals surface area contributed by atoms with E-state index in [9.17, 15) is 4.79 Å². The van der Waals surface area contributed by atoms with Crippen LogP contribution in [0.5, 0.6) is 0 Å². The number of rotatable bonds is 5. The van der Waals surface area contributed by atoms with Gasteiger partial charge in [-0.05, 0) is 30.2 Å². The second kappa shape index (κ2) is 7.64. The Morgan fingerprint density at radius 2 is 1.88 bits per heavy atom. The van der Waals surface area contributed by atoms with Crippen LogP contribution in [0.3, 0.4) is 0 Å². The Labute approximate surface area is 149 Å². The van der Waals surface area contributed by atoms with Gasteiger partial charge in [0.05, 0.1) is 0 Å². The molecule has 0 aliphatic heterocycles. The molecule has 0 fully saturated rings. The van der Waals surface area contributed by atoms with E-state index < -0.39 is 0 Å². The molecule has 0 saturated carbocycles. The van der Waals surface area contributed by atoms with Crippen LogP contribution in [0.2, 0.25) is 5.02 Å². The van der Waals surface area contributed by atoms with E-state index in [2.05, 4.69) is 15.2 Å². The first-order valence-corrected chi connectivity index (χ1v) is 8.85. The minimum Gasteiger partial charge on any atom is -0.298 e. The smallest absolute Gasteiger partial charge is 0.273 e. The summed E-state index contributed by atoms with van der Waals surface area (Å²) in [5, 5.41) is 9.40. The number of nitrogens with zero attached hydrogens (tertiary/aromatic N) is 2. The van der Waals surface area contributed by atoms with E-state index in [1.165, 1.54) is 17.3 Å². The summed E-state index contributed by atoms with van der Waals surface area (Å²) < 4.78 is 0. The van der Waals surface area contributed by atoms with E-state index in [1.807, 2.05) is 55.5 Å². The first-order chi connectivity index (χ1) is 11.6. The SMILES string of the molecule is Cc1ccc(Cc2nnc(SCc3cccc(Cl)c3)[nH]c2=O)cc1. The fourth-order valence-electron chi connectivity index (χ4n) is 2.20. The maximum absolute atomic E-state index is 12.2. The molecule has 0 unspecified atom stereocenters. The molecule has 0 aliphatic carbocycles. The third-order valence-corrected chi connectivity index (χ3v) is 4.67. The van der Waals surface area contributed by atoms with Gasteiger partial charge in [0.15, 0.2) is 5.16 Å². The number of hydrogen-bond donors (Lipinski definition) is 1. The summed E-state index contributed by atoms with van der Waals surface area (Å²) in [5.74, 6) is 0.669. The van der Waals surface area contributed by atoms with Crippen LogP contribution in [0.1, 0.15) is 22.4 Å². The van der Waals surface area contributed by atoms with Crippen LogP contribution in [0, 0.1) is 6.92 Å². The average molecular weight is 358 g/mol. The molecule has 24 heavy (non-hydrogen) atoms. The van der Waals surface area contributed by atoms with Crippen molar-refractivity contribution < 1.29 is 0 Å². The monoisotopic (exact) mass is 357 g/mol. The molecule has 0 radical (unpaired) electrons. The Hall–Kier alpha value is -2.11. The van der Waals surface area contributed by atoms with Crippen LogP contribution in [0.25, 0.3) is 0 Å². The highest BCUT2D eigenvalue weighted by Gasteiger charge is 2.07. The van der Waals surface area contributed by atoms with E-state index in [0.717, 1.165) is 11.1 Å². The molecule has 4 nitrogen and oxygen atoms in total. The predicted molar refractivity (Wildman–Crippen MR) is 97.7 cm³/mol. The molecule has 1 aromatic heterocycles. The largest absolute Gasteiger partial charge is 0.298 e. The van der Waals surface area contributed by atoms with Gasteiger partial charge in [0.1, 0.15) is 5.69 Å². The minimum atomic E-state index is -0.195. The lowest BCUT2D eigenvalue weighted by molar-refractivity contribution is 0.772. The first-order valence-electron chi connectivity index (χ1n) is 7.49. The fraction of sp³-hybridized carbons (Fsp3) is 0.167. The van der Waals surface area contributed by atoms with Crippen molar-refractivity contribution in [1.82, 2.24) is 15.2 Å². The number of thioether (sulfide) groups is 1. The maximum Gasteiger partial charge on any atom is 0.273 e. The number of aryl methyl sites for hydroxylation is 1. The second-order valence-corrected chi connectivity index (χ2v) is 6.89. The number of nitrogens with one attached hydrogen (secondary N) is 1. The molecule has 1 N–H and O–H groups in total. The van der Waals surface area contributed by atoms with Gasteiger partial charge in [-0.15, -0.1) is 10.2 Å². The molecule has 2 aromatic carbocycles. The number of H-pyrrole nitrogens is 1. The normalized spacial score (nSPS) is 10.8. The molecular weight excluding hydrogens is 342 g/mol. The second-order valence-electron chi connectivity index (χ2n) is 5.49. The van der Waals surface area contributed by atoms with Crippen LogP contribution in [-0.2, 0) is 12.2 Å². The molecule has 0 amide bonds. The van der Waals surface area contributed by atoms with E-state index in [-0.39, 0.29) is 5.56 Å². The predicted octanol–water partition coefficient (Wildman–Crippen LogP) is 4.01. The zero-order chi connectivity index (χ0) is 16.9. The van der Waals surface area contributed by atoms with Gasteiger partial charge in [-0.2, -0.15) is 0 Å². The lowest BCUT2D eigenvalue weighted by atomic mass is 10.1. The minimum absolute atomic E-state index is 0.195. The summed E-state index contributed by atoms with van der Waals surface area (Å²) >= 11 is 7.39. The Morgan fingerprint density at radius 1 is 1.08 bits per heavy atom. The van der Waals surface area contributed by atoms with E-state index in [1.54, 1.807) is 0 Å². The number of aromatic amines is 1. The number of aromatic nitrogens is 3. The maximum atomic E-state index is 12.2. The summed E-state index contributed by atoms with van der Waals surface area (Å²) in [5.41, 5.74) is 3.52. The third-order valence-electron chi connectivity index (χ3n) is 3.50. The summed E-state index contributed by atoms with van der Waals surface area (Å²) in [6.07, 6.45) is 0.474. The van der Waals surface area contributed by atoms with Gasteiger partial charge in [-0.3, -0.25) is 9.78 Å². The Bertz CT molecular complexity index is 893. The van der Waals surface area contributed by atoms with Crippen LogP contribution in [-0.4, -0.2) is 15.2 Å². The molecule has 0 bridgehead atoms. The highest BCUT2D eigenvalue weighted by atomic mass is 35.5. The molecule has 0 aliphatic rings. The van der Waals surface area contributed by atoms with Crippen molar-refractivity contribution in [2.45, 2.75) is 24.3 Å². The van der Waals surface area contributed by atoms with Crippen molar-refractivity contribution >= 4 is 23.4 Å². The molecule has 3 rings (SSSR count). The van der Waals surface area contributed by atoms with Crippen molar-refractivity contribution in [3.8, 4) is 0 Å². The zero-order valence-corrected chi connectivity index (χ0v) is 14.7. The summed E-state index contributed by atoms with van der Waals surface area (Å²) in [4.78, 5) is 15.0. The van der Waals surface area contributed by atoms with E-state index >= 15 is 0 Å². The summed E-state index contributed by atoms with van der Waals surface area (Å²) in [6, 6.07) is 15.6. The summed E-state index contributed by atoms with van der Waals surface area (Å²) in [6.45, 7) is 2.03. The van der Waals surface area contributed by atoms with Crippen molar-refractivity contribution in [3.63, 3.8) is 0 Å². The quantitative estimate of drug-likeness (QED) is 0.701. The van der Waals surface area contributed by atoms with E-state index in [4.69, 9.17) is 11.6 Å². The molecule has 1 heterocycles. The fourth-order valence-corrected chi connectivity index (χ4v) is 3.16. The topological polar surface area (TPSA) is 58.6 Å². The van der Waals surface area contributed by atoms with Crippen molar-refractivity contribution in [3.05, 3.63) is 86.3 Å². The highest BCUT2D eigenvalue weighted by molar-refractivity contribution is 7.98. The molecule has 0 atom stereocenters. The lowest BCUT2D eigenvalue weighted by Crippen LogP contribution is -2.17. The molecule has 3 aromatic rings. The van der Waals surface area contributed by atoms with Crippen LogP contribution in [0.15, 0.2) is 58.5 Å². The van der Waals surface area contributed by atoms with Crippen molar-refractivity contribution in [1.29, 1.82) is 0 Å². The lowest BCUT2D eigenvalue weighted by Gasteiger charge is -2.03. The number of hydrogen-bond acceptors (Lipinski definition) is 4. The highest BCUT2D eigenvalue weighted by Crippen LogP contribution is 2.20. The van der Waals surface area contributed by atoms with Gasteiger partial charge in [-0.25, -0.2) is 0 Å². The van der Waals surface area contributed by atoms with Gasteiger partial charge < -0.3 is 0 Å². The number of halogens is 1. The van der Waals surface area contributed by atoms with Crippen LogP contribution >= 0.6 is 23.4 Å². The summed E-state index contributed by atoms with van der Waals surface area (Å²) in [7, 11) is 0. The van der Waals surface area contributed by atoms with Gasteiger partial charge >= 0.3 is 0 Å². The van der Waals surface area contributed by atoms with Gasteiger partial charge in [0.25, 0.3) is 5.56 Å². The molecule has 0 saturated heterocycles. The third kappa shape index (κ3) is 4.46. The standard InChI is InChI=1S/C18H16ClN3OS/c1-12-5-7-13(8-6-12)10-16-17(23)20-18(22-21-16)24-11-14-3-2-4-15(19)9-14/h2-9H,10-11H2,1H3,(H,20,22,23). The van der Waals surface area contributed by atoms with Crippen LogP contribution < -0.4 is 5.56 Å². The van der Waals surface area contributed by atoms with Gasteiger partial charge in [0.2, 0.25) is 0 Å². The van der Waals surface area contributed by atoms with E-state index in [0.29, 0.717) is 28.0 Å². The molecule has 6 heteroatoms. The van der Waals surface area contributed by atoms with Gasteiger partial charge in [-0.1, -0.05) is 65.3 Å².